The number of amides is 1. The summed E-state index contributed by atoms with van der Waals surface area (Å²) in [6.07, 6.45) is 0. The first-order chi connectivity index (χ1) is 7.08. The Labute approximate surface area is 99.0 Å². The van der Waals surface area contributed by atoms with Crippen molar-refractivity contribution in [2.45, 2.75) is 0 Å². The molecule has 2 aromatic rings. The molecule has 0 saturated heterocycles. The van der Waals surface area contributed by atoms with Gasteiger partial charge in [-0.25, -0.2) is 9.97 Å². The Bertz CT molecular complexity index is 555. The highest BCUT2D eigenvalue weighted by atomic mass is 127. The lowest BCUT2D eigenvalue weighted by atomic mass is 10.2. The first kappa shape index (κ1) is 10.1. The van der Waals surface area contributed by atoms with E-state index >= 15 is 0 Å². The topological polar surface area (TPSA) is 94.9 Å². The first-order valence-corrected chi connectivity index (χ1v) is 5.18. The predicted octanol–water partition coefficient (Wildman–Crippen LogP) is 0.916. The number of fused-ring (bicyclic) bond motifs is 1. The third-order valence-electron chi connectivity index (χ3n) is 1.91. The monoisotopic (exact) mass is 314 g/mol. The molecule has 1 aromatic heterocycles. The number of hydrogen-bond donors (Lipinski definition) is 2. The fourth-order valence-corrected chi connectivity index (χ4v) is 1.80. The van der Waals surface area contributed by atoms with Crippen LogP contribution in [0.4, 0.5) is 5.95 Å². The molecule has 0 aliphatic heterocycles. The van der Waals surface area contributed by atoms with Crippen LogP contribution in [0.3, 0.4) is 0 Å². The third-order valence-corrected chi connectivity index (χ3v) is 2.58. The molecule has 5 nitrogen and oxygen atoms in total. The molecule has 0 radical (unpaired) electrons. The zero-order valence-electron chi connectivity index (χ0n) is 7.57. The van der Waals surface area contributed by atoms with E-state index in [4.69, 9.17) is 11.5 Å². The van der Waals surface area contributed by atoms with Crippen LogP contribution in [0.25, 0.3) is 10.9 Å². The summed E-state index contributed by atoms with van der Waals surface area (Å²) in [5.41, 5.74) is 11.5. The Morgan fingerprint density at radius 3 is 2.73 bits per heavy atom. The van der Waals surface area contributed by atoms with Gasteiger partial charge >= 0.3 is 0 Å². The maximum atomic E-state index is 11.2. The quantitative estimate of drug-likeness (QED) is 0.765. The van der Waals surface area contributed by atoms with Crippen LogP contribution in [-0.4, -0.2) is 15.9 Å². The molecule has 1 amide bonds. The Hall–Kier alpha value is -1.44. The number of rotatable bonds is 1. The van der Waals surface area contributed by atoms with Crippen molar-refractivity contribution in [3.8, 4) is 0 Å². The van der Waals surface area contributed by atoms with Gasteiger partial charge in [0.15, 0.2) is 0 Å². The summed E-state index contributed by atoms with van der Waals surface area (Å²) < 4.78 is 0.982. The molecule has 0 saturated carbocycles. The molecule has 76 valence electrons. The Morgan fingerprint density at radius 2 is 2.07 bits per heavy atom. The molecule has 4 N–H and O–H groups in total. The van der Waals surface area contributed by atoms with Crippen molar-refractivity contribution in [1.82, 2.24) is 9.97 Å². The van der Waals surface area contributed by atoms with E-state index in [1.54, 1.807) is 12.1 Å². The van der Waals surface area contributed by atoms with Crippen molar-refractivity contribution < 1.29 is 4.79 Å². The molecule has 2 rings (SSSR count). The number of hydrogen-bond acceptors (Lipinski definition) is 4. The van der Waals surface area contributed by atoms with Gasteiger partial charge in [0.1, 0.15) is 5.69 Å². The second-order valence-corrected chi connectivity index (χ2v) is 4.20. The van der Waals surface area contributed by atoms with Gasteiger partial charge in [0, 0.05) is 8.96 Å². The molecule has 0 bridgehead atoms. The van der Waals surface area contributed by atoms with E-state index in [9.17, 15) is 4.79 Å². The van der Waals surface area contributed by atoms with Crippen LogP contribution in [0, 0.1) is 3.57 Å². The zero-order chi connectivity index (χ0) is 11.0. The van der Waals surface area contributed by atoms with Crippen LogP contribution in [0.5, 0.6) is 0 Å². The van der Waals surface area contributed by atoms with Crippen LogP contribution in [0.2, 0.25) is 0 Å². The highest BCUT2D eigenvalue weighted by molar-refractivity contribution is 14.1. The number of nitrogen functional groups attached to an aromatic ring is 1. The van der Waals surface area contributed by atoms with Gasteiger partial charge in [-0.15, -0.1) is 0 Å². The van der Waals surface area contributed by atoms with Gasteiger partial charge < -0.3 is 11.5 Å². The number of anilines is 1. The summed E-state index contributed by atoms with van der Waals surface area (Å²) >= 11 is 2.14. The lowest BCUT2D eigenvalue weighted by Gasteiger charge is -2.03. The number of nitrogens with two attached hydrogens (primary N) is 2. The van der Waals surface area contributed by atoms with E-state index in [0.717, 1.165) is 3.57 Å². The maximum Gasteiger partial charge on any atom is 0.268 e. The predicted molar refractivity (Wildman–Crippen MR) is 65.2 cm³/mol. The lowest BCUT2D eigenvalue weighted by molar-refractivity contribution is 0.0997. The zero-order valence-corrected chi connectivity index (χ0v) is 9.72. The molecule has 0 fully saturated rings. The van der Waals surface area contributed by atoms with E-state index in [-0.39, 0.29) is 11.6 Å². The fourth-order valence-electron chi connectivity index (χ4n) is 1.31. The van der Waals surface area contributed by atoms with Gasteiger partial charge in [-0.05, 0) is 40.8 Å². The van der Waals surface area contributed by atoms with Crippen LogP contribution in [-0.2, 0) is 0 Å². The Morgan fingerprint density at radius 1 is 1.33 bits per heavy atom. The van der Waals surface area contributed by atoms with Crippen molar-refractivity contribution in [3.63, 3.8) is 0 Å². The van der Waals surface area contributed by atoms with Gasteiger partial charge in [0.25, 0.3) is 5.91 Å². The van der Waals surface area contributed by atoms with Gasteiger partial charge in [-0.3, -0.25) is 4.79 Å². The first-order valence-electron chi connectivity index (χ1n) is 4.10. The largest absolute Gasteiger partial charge is 0.368 e. The normalized spacial score (nSPS) is 10.5. The van der Waals surface area contributed by atoms with E-state index < -0.39 is 5.91 Å². The Balaban J connectivity index is 2.87. The number of aromatic nitrogens is 2. The molecule has 0 atom stereocenters. The van der Waals surface area contributed by atoms with Crippen molar-refractivity contribution in [1.29, 1.82) is 0 Å². The molecule has 6 heteroatoms. The van der Waals surface area contributed by atoms with Crippen molar-refractivity contribution in [3.05, 3.63) is 27.5 Å². The summed E-state index contributed by atoms with van der Waals surface area (Å²) in [6, 6.07) is 5.46. The fraction of sp³-hybridized carbons (Fsp3) is 0. The van der Waals surface area contributed by atoms with Crippen LogP contribution < -0.4 is 11.5 Å². The molecule has 1 aromatic carbocycles. The third kappa shape index (κ3) is 1.84. The van der Waals surface area contributed by atoms with E-state index in [0.29, 0.717) is 10.9 Å². The molecule has 0 spiro atoms. The van der Waals surface area contributed by atoms with Gasteiger partial charge in [-0.2, -0.15) is 0 Å². The molecule has 1 heterocycles. The van der Waals surface area contributed by atoms with Gasteiger partial charge in [0.05, 0.1) is 5.52 Å². The second kappa shape index (κ2) is 3.61. The number of carbonyl (C=O) groups excluding carboxylic acids is 1. The molecule has 0 aliphatic carbocycles. The highest BCUT2D eigenvalue weighted by Gasteiger charge is 2.10. The smallest absolute Gasteiger partial charge is 0.268 e. The summed E-state index contributed by atoms with van der Waals surface area (Å²) in [7, 11) is 0. The van der Waals surface area contributed by atoms with Crippen LogP contribution in [0.1, 0.15) is 10.5 Å². The summed E-state index contributed by atoms with van der Waals surface area (Å²) in [6.45, 7) is 0. The van der Waals surface area contributed by atoms with Crippen LogP contribution >= 0.6 is 22.6 Å². The lowest BCUT2D eigenvalue weighted by Crippen LogP contribution is -2.15. The molecule has 0 unspecified atom stereocenters. The van der Waals surface area contributed by atoms with Crippen molar-refractivity contribution in [2.75, 3.05) is 5.73 Å². The molecular formula is C9H7IN4O. The summed E-state index contributed by atoms with van der Waals surface area (Å²) in [5.74, 6) is -0.548. The van der Waals surface area contributed by atoms with E-state index in [1.807, 2.05) is 6.07 Å². The minimum atomic E-state index is -0.601. The number of halogens is 1. The van der Waals surface area contributed by atoms with E-state index in [1.165, 1.54) is 0 Å². The minimum Gasteiger partial charge on any atom is -0.368 e. The molecule has 0 aliphatic rings. The number of primary amides is 1. The minimum absolute atomic E-state index is 0.0532. The summed E-state index contributed by atoms with van der Waals surface area (Å²) in [5, 5.41) is 0.628. The standard InChI is InChI=1S/C9H7IN4O/c10-4-1-2-6-5(3-4)7(8(11)15)14-9(12)13-6/h1-3H,(H2,11,15)(H2,12,13,14). The molecular weight excluding hydrogens is 307 g/mol. The van der Waals surface area contributed by atoms with Crippen LogP contribution in [0.15, 0.2) is 18.2 Å². The van der Waals surface area contributed by atoms with Crippen molar-refractivity contribution >= 4 is 45.3 Å². The van der Waals surface area contributed by atoms with Gasteiger partial charge in [0.2, 0.25) is 5.95 Å². The van der Waals surface area contributed by atoms with E-state index in [2.05, 4.69) is 32.6 Å². The average Bonchev–Trinajstić information content (AvgIpc) is 2.17. The second-order valence-electron chi connectivity index (χ2n) is 2.96. The number of benzene rings is 1. The van der Waals surface area contributed by atoms with Crippen molar-refractivity contribution in [2.24, 2.45) is 5.73 Å². The Kier molecular flexibility index (Phi) is 2.43. The highest BCUT2D eigenvalue weighted by Crippen LogP contribution is 2.19. The average molecular weight is 314 g/mol. The summed E-state index contributed by atoms with van der Waals surface area (Å²) in [4.78, 5) is 19.0. The number of nitrogens with zero attached hydrogens (tertiary/aromatic N) is 2. The number of carbonyl (C=O) groups is 1. The SMILES string of the molecule is NC(=O)c1nc(N)nc2ccc(I)cc12. The maximum absolute atomic E-state index is 11.2. The molecule has 15 heavy (non-hydrogen) atoms. The van der Waals surface area contributed by atoms with Gasteiger partial charge in [-0.1, -0.05) is 0 Å².